The van der Waals surface area contributed by atoms with E-state index in [1.165, 1.54) is 35.2 Å². The van der Waals surface area contributed by atoms with Crippen LogP contribution in [0.4, 0.5) is 5.69 Å². The summed E-state index contributed by atoms with van der Waals surface area (Å²) < 4.78 is 28.7. The van der Waals surface area contributed by atoms with Crippen LogP contribution in [0.25, 0.3) is 0 Å². The number of rotatable bonds is 11. The number of halogens is 2. The van der Waals surface area contributed by atoms with Gasteiger partial charge in [-0.1, -0.05) is 72.4 Å². The van der Waals surface area contributed by atoms with E-state index in [4.69, 9.17) is 23.2 Å². The van der Waals surface area contributed by atoms with Crippen LogP contribution in [-0.4, -0.2) is 50.3 Å². The van der Waals surface area contributed by atoms with Gasteiger partial charge < -0.3 is 10.2 Å². The third-order valence-electron chi connectivity index (χ3n) is 7.13. The fourth-order valence-corrected chi connectivity index (χ4v) is 6.57. The minimum Gasteiger partial charge on any atom is -0.352 e. The zero-order valence-corrected chi connectivity index (χ0v) is 24.6. The highest BCUT2D eigenvalue weighted by atomic mass is 35.5. The van der Waals surface area contributed by atoms with Crippen molar-refractivity contribution in [2.45, 2.75) is 56.0 Å². The van der Waals surface area contributed by atoms with Crippen molar-refractivity contribution < 1.29 is 18.0 Å². The van der Waals surface area contributed by atoms with Gasteiger partial charge in [0.2, 0.25) is 11.8 Å². The maximum Gasteiger partial charge on any atom is 0.264 e. The van der Waals surface area contributed by atoms with Crippen LogP contribution in [0.3, 0.4) is 0 Å². The summed E-state index contributed by atoms with van der Waals surface area (Å²) in [6.07, 6.45) is 4.46. The number of nitrogens with one attached hydrogen (secondary N) is 1. The Hall–Kier alpha value is -3.07. The summed E-state index contributed by atoms with van der Waals surface area (Å²) >= 11 is 12.2. The predicted octanol–water partition coefficient (Wildman–Crippen LogP) is 5.71. The Kier molecular flexibility index (Phi) is 10.1. The summed E-state index contributed by atoms with van der Waals surface area (Å²) in [5.41, 5.74) is 1.24. The van der Waals surface area contributed by atoms with Gasteiger partial charge >= 0.3 is 0 Å². The zero-order chi connectivity index (χ0) is 28.7. The maximum absolute atomic E-state index is 13.9. The largest absolute Gasteiger partial charge is 0.352 e. The lowest BCUT2D eigenvalue weighted by Crippen LogP contribution is -2.53. The molecule has 0 unspecified atom stereocenters. The highest BCUT2D eigenvalue weighted by Crippen LogP contribution is 2.27. The van der Waals surface area contributed by atoms with E-state index >= 15 is 0 Å². The minimum atomic E-state index is -4.18. The lowest BCUT2D eigenvalue weighted by atomic mass is 10.1. The molecule has 1 atom stereocenters. The van der Waals surface area contributed by atoms with E-state index in [2.05, 4.69) is 5.32 Å². The highest BCUT2D eigenvalue weighted by Gasteiger charge is 2.33. The average molecular weight is 603 g/mol. The van der Waals surface area contributed by atoms with Gasteiger partial charge in [0.1, 0.15) is 12.6 Å². The van der Waals surface area contributed by atoms with Crippen LogP contribution in [0.5, 0.6) is 0 Å². The molecule has 1 saturated carbocycles. The molecule has 0 bridgehead atoms. The molecule has 1 N–H and O–H groups in total. The molecule has 1 fully saturated rings. The molecule has 0 radical (unpaired) electrons. The van der Waals surface area contributed by atoms with Crippen molar-refractivity contribution in [3.63, 3.8) is 0 Å². The molecule has 0 aliphatic heterocycles. The number of nitrogens with zero attached hydrogens (tertiary/aromatic N) is 2. The zero-order valence-electron chi connectivity index (χ0n) is 22.3. The van der Waals surface area contributed by atoms with Gasteiger partial charge in [0.05, 0.1) is 10.6 Å². The van der Waals surface area contributed by atoms with E-state index in [1.807, 2.05) is 30.3 Å². The lowest BCUT2D eigenvalue weighted by Gasteiger charge is -2.32. The second kappa shape index (κ2) is 13.5. The van der Waals surface area contributed by atoms with Crippen molar-refractivity contribution in [1.29, 1.82) is 0 Å². The first-order chi connectivity index (χ1) is 19.1. The molecule has 212 valence electrons. The van der Waals surface area contributed by atoms with Crippen molar-refractivity contribution in [1.82, 2.24) is 10.2 Å². The molecule has 10 heteroatoms. The first-order valence-electron chi connectivity index (χ1n) is 13.3. The van der Waals surface area contributed by atoms with Gasteiger partial charge in [0.25, 0.3) is 10.0 Å². The molecule has 0 spiro atoms. The molecular formula is C30H33Cl2N3O4S. The predicted molar refractivity (Wildman–Crippen MR) is 159 cm³/mol. The summed E-state index contributed by atoms with van der Waals surface area (Å²) in [5, 5.41) is 3.78. The van der Waals surface area contributed by atoms with Crippen LogP contribution in [0, 0.1) is 0 Å². The Labute approximate surface area is 246 Å². The van der Waals surface area contributed by atoms with Gasteiger partial charge in [-0.15, -0.1) is 0 Å². The van der Waals surface area contributed by atoms with E-state index in [-0.39, 0.29) is 29.1 Å². The van der Waals surface area contributed by atoms with Gasteiger partial charge in [0.15, 0.2) is 0 Å². The molecule has 7 nitrogen and oxygen atoms in total. The Morgan fingerprint density at radius 3 is 2.25 bits per heavy atom. The molecule has 1 aliphatic rings. The number of hydrogen-bond donors (Lipinski definition) is 1. The van der Waals surface area contributed by atoms with E-state index in [1.54, 1.807) is 25.1 Å². The lowest BCUT2D eigenvalue weighted by molar-refractivity contribution is -0.139. The summed E-state index contributed by atoms with van der Waals surface area (Å²) in [5.74, 6) is -0.745. The molecule has 0 heterocycles. The van der Waals surface area contributed by atoms with Crippen molar-refractivity contribution >= 4 is 50.7 Å². The summed E-state index contributed by atoms with van der Waals surface area (Å²) in [7, 11) is -4.18. The van der Waals surface area contributed by atoms with Gasteiger partial charge in [-0.3, -0.25) is 13.9 Å². The average Bonchev–Trinajstić information content (AvgIpc) is 3.45. The monoisotopic (exact) mass is 601 g/mol. The Bertz CT molecular complexity index is 1410. The normalized spacial score (nSPS) is 14.5. The number of amides is 2. The van der Waals surface area contributed by atoms with Crippen LogP contribution in [-0.2, 0) is 26.0 Å². The number of hydrogen-bond acceptors (Lipinski definition) is 4. The molecule has 0 aromatic heterocycles. The summed E-state index contributed by atoms with van der Waals surface area (Å²) in [6.45, 7) is 1.41. The van der Waals surface area contributed by atoms with Gasteiger partial charge in [0, 0.05) is 22.6 Å². The van der Waals surface area contributed by atoms with Crippen molar-refractivity contribution in [3.8, 4) is 0 Å². The van der Waals surface area contributed by atoms with Crippen LogP contribution in [0.2, 0.25) is 10.0 Å². The summed E-state index contributed by atoms with van der Waals surface area (Å²) in [4.78, 5) is 28.6. The number of carbonyl (C=O) groups excluding carboxylic acids is 2. The molecular weight excluding hydrogens is 569 g/mol. The molecule has 3 aromatic rings. The second-order valence-electron chi connectivity index (χ2n) is 9.93. The SMILES string of the molecule is C[C@@H](C(=O)NC1CCCC1)N(CCc1ccccc1)C(=O)CN(c1cccc(Cl)c1)S(=O)(=O)c1ccc(Cl)cc1. The standard InChI is InChI=1S/C30H33Cl2N3O4S/c1-22(30(37)33-26-11-5-6-12-26)34(19-18-23-8-3-2-4-9-23)29(36)21-35(27-13-7-10-25(32)20-27)40(38,39)28-16-14-24(31)15-17-28/h2-4,7-10,13-17,20,22,26H,5-6,11-12,18-19,21H2,1H3,(H,33,37)/t22-/m0/s1. The van der Waals surface area contributed by atoms with E-state index in [0.29, 0.717) is 16.5 Å². The Morgan fingerprint density at radius 2 is 1.60 bits per heavy atom. The number of sulfonamides is 1. The molecule has 2 amide bonds. The molecule has 4 rings (SSSR count). The fraction of sp³-hybridized carbons (Fsp3) is 0.333. The molecule has 0 saturated heterocycles. The number of benzene rings is 3. The van der Waals surface area contributed by atoms with Crippen LogP contribution in [0.1, 0.15) is 38.2 Å². The van der Waals surface area contributed by atoms with Crippen molar-refractivity contribution in [2.24, 2.45) is 0 Å². The van der Waals surface area contributed by atoms with Crippen LogP contribution in [0.15, 0.2) is 83.8 Å². The van der Waals surface area contributed by atoms with Gasteiger partial charge in [-0.05, 0) is 74.2 Å². The Balaban J connectivity index is 1.64. The first-order valence-corrected chi connectivity index (χ1v) is 15.5. The fourth-order valence-electron chi connectivity index (χ4n) is 4.86. The van der Waals surface area contributed by atoms with Gasteiger partial charge in [-0.25, -0.2) is 8.42 Å². The topological polar surface area (TPSA) is 86.8 Å². The minimum absolute atomic E-state index is 0.0208. The first kappa shape index (κ1) is 29.9. The smallest absolute Gasteiger partial charge is 0.264 e. The molecule has 40 heavy (non-hydrogen) atoms. The van der Waals surface area contributed by atoms with E-state index in [0.717, 1.165) is 35.6 Å². The summed E-state index contributed by atoms with van der Waals surface area (Å²) in [6, 6.07) is 21.0. The van der Waals surface area contributed by atoms with Crippen LogP contribution < -0.4 is 9.62 Å². The third kappa shape index (κ3) is 7.56. The maximum atomic E-state index is 13.9. The van der Waals surface area contributed by atoms with E-state index in [9.17, 15) is 18.0 Å². The van der Waals surface area contributed by atoms with Crippen molar-refractivity contribution in [3.05, 3.63) is 94.5 Å². The van der Waals surface area contributed by atoms with Crippen molar-refractivity contribution in [2.75, 3.05) is 17.4 Å². The van der Waals surface area contributed by atoms with Crippen LogP contribution >= 0.6 is 23.2 Å². The quantitative estimate of drug-likeness (QED) is 0.305. The number of carbonyl (C=O) groups is 2. The highest BCUT2D eigenvalue weighted by molar-refractivity contribution is 7.92. The van der Waals surface area contributed by atoms with Gasteiger partial charge in [-0.2, -0.15) is 0 Å². The molecule has 3 aromatic carbocycles. The number of anilines is 1. The second-order valence-corrected chi connectivity index (χ2v) is 12.7. The third-order valence-corrected chi connectivity index (χ3v) is 9.40. The van der Waals surface area contributed by atoms with E-state index < -0.39 is 28.5 Å². The molecule has 1 aliphatic carbocycles. The Morgan fingerprint density at radius 1 is 0.925 bits per heavy atom.